The van der Waals surface area contributed by atoms with Gasteiger partial charge < -0.3 is 5.73 Å². The second-order valence-electron chi connectivity index (χ2n) is 5.88. The Hall–Kier alpha value is -0.860. The minimum Gasteiger partial charge on any atom is -0.326 e. The molecule has 2 rings (SSSR count). The van der Waals surface area contributed by atoms with E-state index in [1.54, 1.807) is 0 Å². The van der Waals surface area contributed by atoms with Crippen LogP contribution in [0.5, 0.6) is 0 Å². The Labute approximate surface area is 111 Å². The van der Waals surface area contributed by atoms with Crippen LogP contribution in [0.1, 0.15) is 37.8 Å². The molecule has 1 aliphatic rings. The zero-order valence-electron chi connectivity index (χ0n) is 11.7. The van der Waals surface area contributed by atoms with E-state index in [2.05, 4.69) is 43.0 Å². The summed E-state index contributed by atoms with van der Waals surface area (Å²) in [4.78, 5) is 2.58. The van der Waals surface area contributed by atoms with Gasteiger partial charge in [-0.2, -0.15) is 0 Å². The molecule has 1 heterocycles. The zero-order valence-corrected chi connectivity index (χ0v) is 11.7. The van der Waals surface area contributed by atoms with E-state index in [0.29, 0.717) is 6.54 Å². The van der Waals surface area contributed by atoms with Crippen LogP contribution in [0.3, 0.4) is 0 Å². The lowest BCUT2D eigenvalue weighted by Gasteiger charge is -2.33. The van der Waals surface area contributed by atoms with E-state index in [-0.39, 0.29) is 0 Å². The lowest BCUT2D eigenvalue weighted by Crippen LogP contribution is -2.34. The van der Waals surface area contributed by atoms with E-state index < -0.39 is 0 Å². The third-order valence-electron chi connectivity index (χ3n) is 4.21. The van der Waals surface area contributed by atoms with Crippen LogP contribution in [0.25, 0.3) is 0 Å². The first-order valence-electron chi connectivity index (χ1n) is 7.19. The van der Waals surface area contributed by atoms with Crippen molar-refractivity contribution in [3.05, 3.63) is 35.4 Å². The Bertz CT molecular complexity index is 365. The molecule has 0 unspecified atom stereocenters. The average molecular weight is 246 g/mol. The molecule has 0 bridgehead atoms. The van der Waals surface area contributed by atoms with Crippen LogP contribution >= 0.6 is 0 Å². The van der Waals surface area contributed by atoms with Gasteiger partial charge in [-0.3, -0.25) is 4.90 Å². The van der Waals surface area contributed by atoms with Gasteiger partial charge in [0.15, 0.2) is 0 Å². The lowest BCUT2D eigenvalue weighted by molar-refractivity contribution is 0.152. The maximum atomic E-state index is 5.69. The summed E-state index contributed by atoms with van der Waals surface area (Å²) in [5.41, 5.74) is 8.33. The predicted octanol–water partition coefficient (Wildman–Crippen LogP) is 3.01. The molecule has 0 amide bonds. The highest BCUT2D eigenvalue weighted by Crippen LogP contribution is 2.25. The van der Waals surface area contributed by atoms with E-state index in [4.69, 9.17) is 5.73 Å². The van der Waals surface area contributed by atoms with Crippen LogP contribution in [-0.2, 0) is 13.1 Å². The molecule has 0 spiro atoms. The van der Waals surface area contributed by atoms with Gasteiger partial charge in [-0.25, -0.2) is 0 Å². The van der Waals surface area contributed by atoms with Crippen LogP contribution in [0.15, 0.2) is 24.3 Å². The predicted molar refractivity (Wildman–Crippen MR) is 77.2 cm³/mol. The van der Waals surface area contributed by atoms with Gasteiger partial charge in [-0.05, 0) is 48.9 Å². The molecule has 0 saturated carbocycles. The maximum absolute atomic E-state index is 5.69. The number of hydrogen-bond donors (Lipinski definition) is 1. The average Bonchev–Trinajstić information content (AvgIpc) is 2.39. The fourth-order valence-corrected chi connectivity index (χ4v) is 2.89. The lowest BCUT2D eigenvalue weighted by atomic mass is 9.86. The molecule has 0 atom stereocenters. The van der Waals surface area contributed by atoms with Gasteiger partial charge in [-0.15, -0.1) is 0 Å². The molecule has 1 saturated heterocycles. The number of nitrogens with two attached hydrogens (primary N) is 1. The highest BCUT2D eigenvalue weighted by atomic mass is 15.1. The van der Waals surface area contributed by atoms with Crippen LogP contribution in [-0.4, -0.2) is 18.0 Å². The Kier molecular flexibility index (Phi) is 4.79. The molecule has 0 aliphatic carbocycles. The SMILES string of the molecule is CC(C)C1CCN(Cc2cccc(CN)c2)CC1. The van der Waals surface area contributed by atoms with Crippen LogP contribution in [0, 0.1) is 11.8 Å². The summed E-state index contributed by atoms with van der Waals surface area (Å²) in [6.07, 6.45) is 2.71. The van der Waals surface area contributed by atoms with Gasteiger partial charge in [0.1, 0.15) is 0 Å². The van der Waals surface area contributed by atoms with Crippen molar-refractivity contribution >= 4 is 0 Å². The molecule has 2 N–H and O–H groups in total. The number of benzene rings is 1. The fourth-order valence-electron chi connectivity index (χ4n) is 2.89. The molecule has 2 heteroatoms. The van der Waals surface area contributed by atoms with Crippen LogP contribution in [0.4, 0.5) is 0 Å². The summed E-state index contributed by atoms with van der Waals surface area (Å²) < 4.78 is 0. The van der Waals surface area contributed by atoms with Gasteiger partial charge in [0, 0.05) is 13.1 Å². The second kappa shape index (κ2) is 6.35. The van der Waals surface area contributed by atoms with E-state index in [1.165, 1.54) is 37.1 Å². The molecule has 1 aromatic carbocycles. The Morgan fingerprint density at radius 3 is 2.50 bits per heavy atom. The van der Waals surface area contributed by atoms with E-state index >= 15 is 0 Å². The largest absolute Gasteiger partial charge is 0.326 e. The summed E-state index contributed by atoms with van der Waals surface area (Å²) in [5.74, 6) is 1.77. The number of likely N-dealkylation sites (tertiary alicyclic amines) is 1. The molecular formula is C16H26N2. The van der Waals surface area contributed by atoms with Crippen molar-refractivity contribution in [2.24, 2.45) is 17.6 Å². The molecule has 1 aromatic rings. The summed E-state index contributed by atoms with van der Waals surface area (Å²) in [6.45, 7) is 8.92. The molecular weight excluding hydrogens is 220 g/mol. The van der Waals surface area contributed by atoms with E-state index in [9.17, 15) is 0 Å². The van der Waals surface area contributed by atoms with Crippen molar-refractivity contribution in [1.29, 1.82) is 0 Å². The first-order chi connectivity index (χ1) is 8.69. The standard InChI is InChI=1S/C16H26N2/c1-13(2)16-6-8-18(9-7-16)12-15-5-3-4-14(10-15)11-17/h3-5,10,13,16H,6-9,11-12,17H2,1-2H3. The van der Waals surface area contributed by atoms with Crippen molar-refractivity contribution in [3.63, 3.8) is 0 Å². The van der Waals surface area contributed by atoms with Crippen molar-refractivity contribution in [1.82, 2.24) is 4.90 Å². The number of hydrogen-bond acceptors (Lipinski definition) is 2. The van der Waals surface area contributed by atoms with Crippen LogP contribution in [0.2, 0.25) is 0 Å². The maximum Gasteiger partial charge on any atom is 0.0233 e. The first-order valence-corrected chi connectivity index (χ1v) is 7.19. The van der Waals surface area contributed by atoms with Gasteiger partial charge in [-0.1, -0.05) is 38.1 Å². The Morgan fingerprint density at radius 1 is 1.22 bits per heavy atom. The third-order valence-corrected chi connectivity index (χ3v) is 4.21. The molecule has 0 radical (unpaired) electrons. The normalized spacial score (nSPS) is 18.4. The quantitative estimate of drug-likeness (QED) is 0.885. The molecule has 0 aromatic heterocycles. The van der Waals surface area contributed by atoms with Crippen molar-refractivity contribution in [3.8, 4) is 0 Å². The molecule has 1 aliphatic heterocycles. The Balaban J connectivity index is 1.87. The summed E-state index contributed by atoms with van der Waals surface area (Å²) in [5, 5.41) is 0. The molecule has 2 nitrogen and oxygen atoms in total. The van der Waals surface area contributed by atoms with Crippen molar-refractivity contribution < 1.29 is 0 Å². The van der Waals surface area contributed by atoms with Crippen LogP contribution < -0.4 is 5.73 Å². The number of rotatable bonds is 4. The van der Waals surface area contributed by atoms with Crippen molar-refractivity contribution in [2.45, 2.75) is 39.8 Å². The van der Waals surface area contributed by atoms with Gasteiger partial charge in [0.25, 0.3) is 0 Å². The summed E-state index contributed by atoms with van der Waals surface area (Å²) in [7, 11) is 0. The monoisotopic (exact) mass is 246 g/mol. The smallest absolute Gasteiger partial charge is 0.0233 e. The molecule has 1 fully saturated rings. The molecule has 18 heavy (non-hydrogen) atoms. The highest BCUT2D eigenvalue weighted by molar-refractivity contribution is 5.23. The van der Waals surface area contributed by atoms with Gasteiger partial charge in [0.2, 0.25) is 0 Å². The zero-order chi connectivity index (χ0) is 13.0. The molecule has 100 valence electrons. The van der Waals surface area contributed by atoms with E-state index in [1.807, 2.05) is 0 Å². The third kappa shape index (κ3) is 3.56. The van der Waals surface area contributed by atoms with E-state index in [0.717, 1.165) is 18.4 Å². The second-order valence-corrected chi connectivity index (χ2v) is 5.88. The minimum absolute atomic E-state index is 0.642. The Morgan fingerprint density at radius 2 is 1.89 bits per heavy atom. The van der Waals surface area contributed by atoms with Gasteiger partial charge >= 0.3 is 0 Å². The van der Waals surface area contributed by atoms with Crippen molar-refractivity contribution in [2.75, 3.05) is 13.1 Å². The van der Waals surface area contributed by atoms with Gasteiger partial charge in [0.05, 0.1) is 0 Å². The number of piperidine rings is 1. The fraction of sp³-hybridized carbons (Fsp3) is 0.625. The summed E-state index contributed by atoms with van der Waals surface area (Å²) in [6, 6.07) is 8.69. The topological polar surface area (TPSA) is 29.3 Å². The summed E-state index contributed by atoms with van der Waals surface area (Å²) >= 11 is 0. The first kappa shape index (κ1) is 13.6. The minimum atomic E-state index is 0.642. The number of nitrogens with zero attached hydrogens (tertiary/aromatic N) is 1. The highest BCUT2D eigenvalue weighted by Gasteiger charge is 2.21.